The minimum Gasteiger partial charge on any atom is -0.333 e. The highest BCUT2D eigenvalue weighted by Crippen LogP contribution is 2.31. The Kier molecular flexibility index (Phi) is 2.48. The van der Waals surface area contributed by atoms with E-state index >= 15 is 0 Å². The van der Waals surface area contributed by atoms with Crippen LogP contribution in [0.25, 0.3) is 0 Å². The number of aromatic nitrogens is 2. The molecule has 1 saturated heterocycles. The summed E-state index contributed by atoms with van der Waals surface area (Å²) in [6, 6.07) is 0.538. The molecular weight excluding hydrogens is 200 g/mol. The van der Waals surface area contributed by atoms with E-state index in [2.05, 4.69) is 28.9 Å². The molecule has 16 heavy (non-hydrogen) atoms. The van der Waals surface area contributed by atoms with Crippen molar-refractivity contribution in [3.05, 3.63) is 17.2 Å². The van der Waals surface area contributed by atoms with Crippen LogP contribution in [-0.4, -0.2) is 34.6 Å². The van der Waals surface area contributed by atoms with E-state index in [1.165, 1.54) is 36.6 Å². The fourth-order valence-corrected chi connectivity index (χ4v) is 3.01. The Morgan fingerprint density at radius 3 is 2.94 bits per heavy atom. The lowest BCUT2D eigenvalue weighted by atomic mass is 10.2. The van der Waals surface area contributed by atoms with E-state index in [9.17, 15) is 0 Å². The highest BCUT2D eigenvalue weighted by molar-refractivity contribution is 5.21. The van der Waals surface area contributed by atoms with Gasteiger partial charge < -0.3 is 9.88 Å². The number of rotatable bonds is 1. The largest absolute Gasteiger partial charge is 0.333 e. The molecule has 0 bridgehead atoms. The molecule has 1 aromatic rings. The van der Waals surface area contributed by atoms with Gasteiger partial charge in [0.25, 0.3) is 0 Å². The molecule has 4 heteroatoms. The first kappa shape index (κ1) is 10.3. The highest BCUT2D eigenvalue weighted by Gasteiger charge is 2.28. The van der Waals surface area contributed by atoms with Crippen molar-refractivity contribution in [2.75, 3.05) is 20.1 Å². The van der Waals surface area contributed by atoms with Gasteiger partial charge >= 0.3 is 0 Å². The van der Waals surface area contributed by atoms with Crippen LogP contribution in [-0.2, 0) is 20.0 Å². The smallest absolute Gasteiger partial charge is 0.126 e. The standard InChI is InChI=1S/C12H20N4/c1-15-7-3-4-11(15)12-14-9-8-13-6-5-10(9)16(12)2/h11,13H,3-8H2,1-2H3. The maximum atomic E-state index is 4.84. The zero-order chi connectivity index (χ0) is 11.1. The summed E-state index contributed by atoms with van der Waals surface area (Å²) in [6.07, 6.45) is 3.68. The second-order valence-electron chi connectivity index (χ2n) is 4.99. The Labute approximate surface area is 96.7 Å². The summed E-state index contributed by atoms with van der Waals surface area (Å²) < 4.78 is 2.34. The topological polar surface area (TPSA) is 33.1 Å². The van der Waals surface area contributed by atoms with Gasteiger partial charge in [0.1, 0.15) is 5.82 Å². The molecule has 2 aliphatic heterocycles. The molecule has 0 amide bonds. The van der Waals surface area contributed by atoms with Gasteiger partial charge in [0.15, 0.2) is 0 Å². The van der Waals surface area contributed by atoms with Crippen LogP contribution in [0.2, 0.25) is 0 Å². The molecule has 0 aromatic carbocycles. The number of nitrogens with one attached hydrogen (secondary N) is 1. The van der Waals surface area contributed by atoms with E-state index < -0.39 is 0 Å². The van der Waals surface area contributed by atoms with Crippen molar-refractivity contribution < 1.29 is 0 Å². The van der Waals surface area contributed by atoms with Gasteiger partial charge in [0, 0.05) is 32.3 Å². The average Bonchev–Trinajstić information content (AvgIpc) is 2.84. The van der Waals surface area contributed by atoms with E-state index in [1.807, 2.05) is 0 Å². The van der Waals surface area contributed by atoms with Gasteiger partial charge in [-0.1, -0.05) is 0 Å². The molecule has 3 heterocycles. The predicted molar refractivity (Wildman–Crippen MR) is 63.2 cm³/mol. The second kappa shape index (κ2) is 3.86. The number of likely N-dealkylation sites (tertiary alicyclic amines) is 1. The van der Waals surface area contributed by atoms with E-state index in [1.54, 1.807) is 0 Å². The predicted octanol–water partition coefficient (Wildman–Crippen LogP) is 0.832. The van der Waals surface area contributed by atoms with Crippen LogP contribution in [0.5, 0.6) is 0 Å². The summed E-state index contributed by atoms with van der Waals surface area (Å²) in [5, 5.41) is 3.39. The molecule has 3 rings (SSSR count). The fraction of sp³-hybridized carbons (Fsp3) is 0.750. The summed E-state index contributed by atoms with van der Waals surface area (Å²) in [5.74, 6) is 1.27. The molecule has 1 atom stereocenters. The first-order chi connectivity index (χ1) is 7.77. The molecule has 2 aliphatic rings. The third-order valence-corrected chi connectivity index (χ3v) is 3.98. The minimum absolute atomic E-state index is 0.538. The van der Waals surface area contributed by atoms with Crippen molar-refractivity contribution in [2.45, 2.75) is 31.8 Å². The van der Waals surface area contributed by atoms with Crippen LogP contribution in [0.3, 0.4) is 0 Å². The molecule has 0 saturated carbocycles. The van der Waals surface area contributed by atoms with Gasteiger partial charge in [-0.25, -0.2) is 4.98 Å². The Bertz CT molecular complexity index is 396. The second-order valence-corrected chi connectivity index (χ2v) is 4.99. The van der Waals surface area contributed by atoms with Crippen molar-refractivity contribution in [2.24, 2.45) is 7.05 Å². The quantitative estimate of drug-likeness (QED) is 0.761. The summed E-state index contributed by atoms with van der Waals surface area (Å²) in [4.78, 5) is 7.27. The van der Waals surface area contributed by atoms with Crippen LogP contribution >= 0.6 is 0 Å². The van der Waals surface area contributed by atoms with Crippen LogP contribution in [0, 0.1) is 0 Å². The fourth-order valence-electron chi connectivity index (χ4n) is 3.01. The molecule has 0 aliphatic carbocycles. The van der Waals surface area contributed by atoms with Crippen molar-refractivity contribution in [1.29, 1.82) is 0 Å². The summed E-state index contributed by atoms with van der Waals surface area (Å²) in [7, 11) is 4.39. The monoisotopic (exact) mass is 220 g/mol. The van der Waals surface area contributed by atoms with Gasteiger partial charge in [0.05, 0.1) is 11.7 Å². The lowest BCUT2D eigenvalue weighted by molar-refractivity contribution is 0.300. The first-order valence-corrected chi connectivity index (χ1v) is 6.22. The molecule has 0 radical (unpaired) electrons. The van der Waals surface area contributed by atoms with Gasteiger partial charge in [-0.15, -0.1) is 0 Å². The van der Waals surface area contributed by atoms with Crippen molar-refractivity contribution in [3.8, 4) is 0 Å². The lowest BCUT2D eigenvalue weighted by Gasteiger charge is -2.19. The zero-order valence-corrected chi connectivity index (χ0v) is 10.2. The van der Waals surface area contributed by atoms with E-state index in [-0.39, 0.29) is 0 Å². The third-order valence-electron chi connectivity index (χ3n) is 3.98. The van der Waals surface area contributed by atoms with E-state index in [0.717, 1.165) is 19.5 Å². The number of imidazole rings is 1. The maximum absolute atomic E-state index is 4.84. The molecule has 1 fully saturated rings. The molecule has 0 spiro atoms. The number of fused-ring (bicyclic) bond motifs is 1. The summed E-state index contributed by atoms with van der Waals surface area (Å²) in [6.45, 7) is 3.24. The van der Waals surface area contributed by atoms with Gasteiger partial charge in [-0.2, -0.15) is 0 Å². The Morgan fingerprint density at radius 2 is 2.25 bits per heavy atom. The van der Waals surface area contributed by atoms with Crippen molar-refractivity contribution >= 4 is 0 Å². The zero-order valence-electron chi connectivity index (χ0n) is 10.2. The highest BCUT2D eigenvalue weighted by atomic mass is 15.2. The summed E-state index contributed by atoms with van der Waals surface area (Å²) >= 11 is 0. The van der Waals surface area contributed by atoms with Crippen LogP contribution in [0.1, 0.15) is 36.1 Å². The normalized spacial score (nSPS) is 26.0. The van der Waals surface area contributed by atoms with E-state index in [0.29, 0.717) is 6.04 Å². The Hall–Kier alpha value is -0.870. The SMILES string of the molecule is CN1CCCC1c1nc2c(n1C)CCNC2. The minimum atomic E-state index is 0.538. The number of hydrogen-bond acceptors (Lipinski definition) is 3. The van der Waals surface area contributed by atoms with Crippen molar-refractivity contribution in [1.82, 2.24) is 19.8 Å². The Morgan fingerprint density at radius 1 is 1.38 bits per heavy atom. The first-order valence-electron chi connectivity index (χ1n) is 6.22. The molecular formula is C12H20N4. The van der Waals surface area contributed by atoms with Crippen LogP contribution in [0.15, 0.2) is 0 Å². The van der Waals surface area contributed by atoms with Gasteiger partial charge in [0.2, 0.25) is 0 Å². The van der Waals surface area contributed by atoms with E-state index in [4.69, 9.17) is 4.98 Å². The van der Waals surface area contributed by atoms with Crippen molar-refractivity contribution in [3.63, 3.8) is 0 Å². The van der Waals surface area contributed by atoms with Crippen LogP contribution < -0.4 is 5.32 Å². The summed E-state index contributed by atoms with van der Waals surface area (Å²) in [5.41, 5.74) is 2.71. The molecule has 1 N–H and O–H groups in total. The van der Waals surface area contributed by atoms with Gasteiger partial charge in [-0.05, 0) is 26.4 Å². The van der Waals surface area contributed by atoms with Gasteiger partial charge in [-0.3, -0.25) is 4.90 Å². The third kappa shape index (κ3) is 1.48. The molecule has 4 nitrogen and oxygen atoms in total. The Balaban J connectivity index is 1.98. The number of nitrogens with zero attached hydrogens (tertiary/aromatic N) is 3. The molecule has 88 valence electrons. The molecule has 1 aromatic heterocycles. The van der Waals surface area contributed by atoms with Crippen LogP contribution in [0.4, 0.5) is 0 Å². The molecule has 1 unspecified atom stereocenters. The maximum Gasteiger partial charge on any atom is 0.126 e. The lowest BCUT2D eigenvalue weighted by Crippen LogP contribution is -2.24. The number of hydrogen-bond donors (Lipinski definition) is 1. The average molecular weight is 220 g/mol.